The first kappa shape index (κ1) is 22.0. The number of aromatic carboxylic acids is 1. The van der Waals surface area contributed by atoms with E-state index >= 15 is 0 Å². The number of anilines is 1. The summed E-state index contributed by atoms with van der Waals surface area (Å²) in [5.41, 5.74) is 7.55. The number of carbonyl (C=O) groups is 3. The van der Waals surface area contributed by atoms with Gasteiger partial charge >= 0.3 is 5.97 Å². The summed E-state index contributed by atoms with van der Waals surface area (Å²) in [4.78, 5) is 37.3. The predicted molar refractivity (Wildman–Crippen MR) is 119 cm³/mol. The van der Waals surface area contributed by atoms with Crippen LogP contribution in [0.2, 0.25) is 0 Å². The number of hydrogen-bond donors (Lipinski definition) is 2. The van der Waals surface area contributed by atoms with Crippen LogP contribution in [-0.2, 0) is 9.59 Å². The molecular weight excluding hydrogens is 420 g/mol. The van der Waals surface area contributed by atoms with Gasteiger partial charge in [0.1, 0.15) is 11.0 Å². The van der Waals surface area contributed by atoms with Gasteiger partial charge in [0.15, 0.2) is 5.17 Å². The number of amidine groups is 1. The molecule has 10 heteroatoms. The monoisotopic (exact) mass is 440 g/mol. The number of amides is 2. The van der Waals surface area contributed by atoms with Crippen molar-refractivity contribution in [2.24, 2.45) is 15.9 Å². The molecule has 3 rings (SSSR count). The van der Waals surface area contributed by atoms with Gasteiger partial charge in [-0.15, -0.1) is 5.10 Å². The molecule has 160 valence electrons. The third kappa shape index (κ3) is 5.10. The van der Waals surface area contributed by atoms with Gasteiger partial charge in [-0.05, 0) is 55.0 Å². The number of imide groups is 1. The summed E-state index contributed by atoms with van der Waals surface area (Å²) in [6, 6.07) is 12.9. The zero-order valence-corrected chi connectivity index (χ0v) is 17.6. The van der Waals surface area contributed by atoms with E-state index in [-0.39, 0.29) is 22.8 Å². The number of carboxylic acids is 1. The molecule has 1 aliphatic heterocycles. The molecule has 0 aliphatic carbocycles. The second-order valence-electron chi connectivity index (χ2n) is 6.59. The molecule has 2 aromatic rings. The van der Waals surface area contributed by atoms with Crippen molar-refractivity contribution < 1.29 is 24.2 Å². The smallest absolute Gasteiger partial charge is 0.335 e. The molecule has 1 heterocycles. The molecule has 31 heavy (non-hydrogen) atoms. The summed E-state index contributed by atoms with van der Waals surface area (Å²) in [5.74, 6) is -1.34. The molecular formula is C21H20N4O5S. The van der Waals surface area contributed by atoms with Crippen LogP contribution < -0.4 is 15.4 Å². The second kappa shape index (κ2) is 9.43. The summed E-state index contributed by atoms with van der Waals surface area (Å²) in [6.45, 7) is 1.77. The van der Waals surface area contributed by atoms with Crippen LogP contribution in [0.4, 0.5) is 5.69 Å². The summed E-state index contributed by atoms with van der Waals surface area (Å²) < 4.78 is 5.12. The molecule has 3 N–H and O–H groups in total. The average Bonchev–Trinajstić information content (AvgIpc) is 3.04. The van der Waals surface area contributed by atoms with Crippen molar-refractivity contribution in [3.63, 3.8) is 0 Å². The van der Waals surface area contributed by atoms with Crippen LogP contribution >= 0.6 is 11.8 Å². The zero-order chi connectivity index (χ0) is 22.5. The summed E-state index contributed by atoms with van der Waals surface area (Å²) in [5, 5.41) is 16.4. The highest BCUT2D eigenvalue weighted by Gasteiger charge is 2.40. The number of methoxy groups -OCH3 is 1. The molecule has 0 radical (unpaired) electrons. The molecule has 1 unspecified atom stereocenters. The molecule has 2 aromatic carbocycles. The number of hydrogen-bond acceptors (Lipinski definition) is 7. The van der Waals surface area contributed by atoms with Crippen molar-refractivity contribution in [3.8, 4) is 5.75 Å². The number of ether oxygens (including phenoxy) is 1. The quantitative estimate of drug-likeness (QED) is 0.305. The second-order valence-corrected chi connectivity index (χ2v) is 7.81. The molecule has 0 aromatic heterocycles. The maximum atomic E-state index is 12.7. The van der Waals surface area contributed by atoms with E-state index in [0.717, 1.165) is 28.0 Å². The topological polar surface area (TPSA) is 135 Å². The van der Waals surface area contributed by atoms with Gasteiger partial charge in [-0.1, -0.05) is 17.8 Å². The number of benzene rings is 2. The van der Waals surface area contributed by atoms with E-state index in [9.17, 15) is 14.4 Å². The van der Waals surface area contributed by atoms with Crippen LogP contribution in [-0.4, -0.2) is 46.1 Å². The predicted octanol–water partition coefficient (Wildman–Crippen LogP) is 2.50. The first-order chi connectivity index (χ1) is 14.8. The normalized spacial score (nSPS) is 17.2. The van der Waals surface area contributed by atoms with Crippen LogP contribution in [0.15, 0.2) is 58.7 Å². The van der Waals surface area contributed by atoms with Crippen LogP contribution in [0.5, 0.6) is 5.75 Å². The summed E-state index contributed by atoms with van der Waals surface area (Å²) >= 11 is 0.944. The Hall–Kier alpha value is -3.66. The van der Waals surface area contributed by atoms with E-state index in [4.69, 9.17) is 15.6 Å². The molecule has 0 saturated carbocycles. The summed E-state index contributed by atoms with van der Waals surface area (Å²) in [7, 11) is 1.58. The van der Waals surface area contributed by atoms with Crippen molar-refractivity contribution in [1.82, 2.24) is 0 Å². The Balaban J connectivity index is 1.71. The van der Waals surface area contributed by atoms with Crippen molar-refractivity contribution >= 4 is 46.1 Å². The fourth-order valence-corrected chi connectivity index (χ4v) is 3.74. The molecule has 2 amide bonds. The van der Waals surface area contributed by atoms with Gasteiger partial charge in [0.25, 0.3) is 0 Å². The molecule has 1 fully saturated rings. The highest BCUT2D eigenvalue weighted by Crippen LogP contribution is 2.30. The lowest BCUT2D eigenvalue weighted by Crippen LogP contribution is -2.32. The first-order valence-electron chi connectivity index (χ1n) is 9.19. The Labute approximate surface area is 182 Å². The standard InChI is InChI=1S/C21H20N4O5S/c1-12(13-6-8-16(30-2)9-7-13)23-24-21(22)31-17-11-18(26)25(19(17)27)15-5-3-4-14(10-15)20(28)29/h3-10,17H,11H2,1-2H3,(H2,22,24)(H,28,29). The van der Waals surface area contributed by atoms with E-state index < -0.39 is 23.0 Å². The maximum absolute atomic E-state index is 12.7. The lowest BCUT2D eigenvalue weighted by Gasteiger charge is -2.15. The van der Waals surface area contributed by atoms with Gasteiger partial charge in [-0.2, -0.15) is 5.10 Å². The van der Waals surface area contributed by atoms with E-state index in [1.54, 1.807) is 26.2 Å². The number of carbonyl (C=O) groups excluding carboxylic acids is 2. The van der Waals surface area contributed by atoms with Gasteiger partial charge in [0, 0.05) is 6.42 Å². The Morgan fingerprint density at radius 3 is 2.52 bits per heavy atom. The van der Waals surface area contributed by atoms with Gasteiger partial charge in [0.05, 0.1) is 24.1 Å². The van der Waals surface area contributed by atoms with Crippen molar-refractivity contribution in [2.75, 3.05) is 12.0 Å². The Morgan fingerprint density at radius 2 is 1.87 bits per heavy atom. The van der Waals surface area contributed by atoms with Crippen LogP contribution in [0.3, 0.4) is 0 Å². The van der Waals surface area contributed by atoms with Gasteiger partial charge in [-0.25, -0.2) is 9.69 Å². The van der Waals surface area contributed by atoms with Crippen molar-refractivity contribution in [3.05, 3.63) is 59.7 Å². The van der Waals surface area contributed by atoms with Gasteiger partial charge in [-0.3, -0.25) is 9.59 Å². The number of rotatable bonds is 6. The number of nitrogens with two attached hydrogens (primary N) is 1. The Kier molecular flexibility index (Phi) is 6.71. The van der Waals surface area contributed by atoms with Gasteiger partial charge < -0.3 is 15.6 Å². The molecule has 0 spiro atoms. The lowest BCUT2D eigenvalue weighted by atomic mass is 10.1. The Bertz CT molecular complexity index is 1080. The molecule has 1 atom stereocenters. The largest absolute Gasteiger partial charge is 0.497 e. The number of thioether (sulfide) groups is 1. The zero-order valence-electron chi connectivity index (χ0n) is 16.8. The molecule has 1 saturated heterocycles. The molecule has 0 bridgehead atoms. The van der Waals surface area contributed by atoms with Crippen molar-refractivity contribution in [2.45, 2.75) is 18.6 Å². The SMILES string of the molecule is COc1ccc(C(C)=NN=C(N)SC2CC(=O)N(c3cccc(C(=O)O)c3)C2=O)cc1. The fourth-order valence-electron chi connectivity index (χ4n) is 2.93. The minimum atomic E-state index is -1.15. The summed E-state index contributed by atoms with van der Waals surface area (Å²) in [6.07, 6.45) is -0.0712. The van der Waals surface area contributed by atoms with E-state index in [1.165, 1.54) is 24.3 Å². The van der Waals surface area contributed by atoms with Gasteiger partial charge in [0.2, 0.25) is 11.8 Å². The lowest BCUT2D eigenvalue weighted by molar-refractivity contribution is -0.121. The van der Waals surface area contributed by atoms with Crippen LogP contribution in [0.1, 0.15) is 29.3 Å². The van der Waals surface area contributed by atoms with Crippen LogP contribution in [0, 0.1) is 0 Å². The average molecular weight is 440 g/mol. The Morgan fingerprint density at radius 1 is 1.16 bits per heavy atom. The maximum Gasteiger partial charge on any atom is 0.335 e. The minimum Gasteiger partial charge on any atom is -0.497 e. The highest BCUT2D eigenvalue weighted by molar-refractivity contribution is 8.14. The van der Waals surface area contributed by atoms with Crippen LogP contribution in [0.25, 0.3) is 0 Å². The fraction of sp³-hybridized carbons (Fsp3) is 0.190. The number of nitrogens with zero attached hydrogens (tertiary/aromatic N) is 3. The first-order valence-corrected chi connectivity index (χ1v) is 10.1. The minimum absolute atomic E-state index is 0.0152. The highest BCUT2D eigenvalue weighted by atomic mass is 32.2. The van der Waals surface area contributed by atoms with E-state index in [0.29, 0.717) is 5.71 Å². The molecule has 9 nitrogen and oxygen atoms in total. The van der Waals surface area contributed by atoms with E-state index in [2.05, 4.69) is 10.2 Å². The number of carboxylic acid groups (broad SMARTS) is 1. The third-order valence-corrected chi connectivity index (χ3v) is 5.50. The van der Waals surface area contributed by atoms with E-state index in [1.807, 2.05) is 12.1 Å². The third-order valence-electron chi connectivity index (χ3n) is 4.53. The molecule has 1 aliphatic rings. The van der Waals surface area contributed by atoms with Crippen molar-refractivity contribution in [1.29, 1.82) is 0 Å².